The fraction of sp³-hybridized carbons (Fsp3) is 0.481. The highest BCUT2D eigenvalue weighted by Crippen LogP contribution is 2.51. The molecule has 0 radical (unpaired) electrons. The van der Waals surface area contributed by atoms with E-state index in [9.17, 15) is 19.8 Å². The largest absolute Gasteiger partial charge is 0.507 e. The van der Waals surface area contributed by atoms with E-state index in [4.69, 9.17) is 0 Å². The predicted molar refractivity (Wildman–Crippen MR) is 138 cm³/mol. The van der Waals surface area contributed by atoms with Crippen LogP contribution in [0.2, 0.25) is 0 Å². The summed E-state index contributed by atoms with van der Waals surface area (Å²) in [4.78, 5) is 27.0. The number of aliphatic hydroxyl groups is 1. The molecule has 196 valence electrons. The maximum atomic E-state index is 13.6. The summed E-state index contributed by atoms with van der Waals surface area (Å²) < 4.78 is 3.18. The van der Waals surface area contributed by atoms with Gasteiger partial charge in [0.05, 0.1) is 24.5 Å². The molecular formula is C27H34N6O4. The van der Waals surface area contributed by atoms with E-state index < -0.39 is 11.9 Å². The highest BCUT2D eigenvalue weighted by molar-refractivity contribution is 6.01. The molecular weight excluding hydrogens is 472 g/mol. The van der Waals surface area contributed by atoms with E-state index in [1.165, 1.54) is 16.9 Å². The maximum absolute atomic E-state index is 13.6. The maximum Gasteiger partial charge on any atom is 0.270 e. The number of hydrogen-bond acceptors (Lipinski definition) is 6. The first-order valence-electron chi connectivity index (χ1n) is 12.9. The predicted octanol–water partition coefficient (Wildman–Crippen LogP) is 3.02. The first-order valence-corrected chi connectivity index (χ1v) is 12.9. The van der Waals surface area contributed by atoms with Gasteiger partial charge in [-0.1, -0.05) is 0 Å². The molecule has 2 heterocycles. The van der Waals surface area contributed by atoms with Crippen LogP contribution < -0.4 is 10.6 Å². The minimum Gasteiger partial charge on any atom is -0.507 e. The van der Waals surface area contributed by atoms with Crippen molar-refractivity contribution < 1.29 is 19.8 Å². The van der Waals surface area contributed by atoms with Gasteiger partial charge in [0.15, 0.2) is 0 Å². The number of amides is 2. The van der Waals surface area contributed by atoms with Crippen molar-refractivity contribution in [2.45, 2.75) is 51.6 Å². The Balaban J connectivity index is 1.39. The number of nitrogens with zero attached hydrogens (tertiary/aromatic N) is 4. The second-order valence-electron chi connectivity index (χ2n) is 10.4. The zero-order valence-corrected chi connectivity index (χ0v) is 21.4. The number of carbonyl (C=O) groups is 2. The zero-order valence-electron chi connectivity index (χ0n) is 21.4. The second kappa shape index (κ2) is 10.0. The summed E-state index contributed by atoms with van der Waals surface area (Å²) in [6.45, 7) is 3.54. The van der Waals surface area contributed by atoms with Crippen LogP contribution in [0, 0.1) is 24.7 Å². The van der Waals surface area contributed by atoms with Crippen LogP contribution >= 0.6 is 0 Å². The van der Waals surface area contributed by atoms with Gasteiger partial charge in [-0.2, -0.15) is 10.2 Å². The molecule has 3 aromatic rings. The van der Waals surface area contributed by atoms with Gasteiger partial charge in [0.1, 0.15) is 17.5 Å². The molecule has 0 aliphatic heterocycles. The number of phenols is 1. The molecule has 0 bridgehead atoms. The van der Waals surface area contributed by atoms with E-state index in [2.05, 4.69) is 20.8 Å². The molecule has 2 unspecified atom stereocenters. The molecule has 2 aliphatic rings. The first kappa shape index (κ1) is 25.0. The van der Waals surface area contributed by atoms with E-state index in [1.54, 1.807) is 36.0 Å². The normalized spacial score (nSPS) is 17.0. The molecule has 4 N–H and O–H groups in total. The van der Waals surface area contributed by atoms with Crippen LogP contribution in [0.3, 0.4) is 0 Å². The minimum absolute atomic E-state index is 0.0351. The Morgan fingerprint density at radius 1 is 1.14 bits per heavy atom. The lowest BCUT2D eigenvalue weighted by Gasteiger charge is -2.28. The van der Waals surface area contributed by atoms with Crippen molar-refractivity contribution in [3.8, 4) is 17.0 Å². The smallest absolute Gasteiger partial charge is 0.270 e. The van der Waals surface area contributed by atoms with Gasteiger partial charge in [-0.05, 0) is 81.0 Å². The second-order valence-corrected chi connectivity index (χ2v) is 10.4. The quantitative estimate of drug-likeness (QED) is 0.334. The Morgan fingerprint density at radius 3 is 2.41 bits per heavy atom. The van der Waals surface area contributed by atoms with Crippen LogP contribution in [-0.2, 0) is 11.8 Å². The van der Waals surface area contributed by atoms with Gasteiger partial charge in [0.2, 0.25) is 5.91 Å². The molecule has 2 saturated carbocycles. The van der Waals surface area contributed by atoms with Crippen LogP contribution in [0.1, 0.15) is 54.7 Å². The Bertz CT molecular complexity index is 1270. The van der Waals surface area contributed by atoms with Crippen LogP contribution in [-0.4, -0.2) is 54.2 Å². The third-order valence-electron chi connectivity index (χ3n) is 7.51. The number of rotatable bonds is 10. The van der Waals surface area contributed by atoms with Crippen LogP contribution in [0.4, 0.5) is 5.69 Å². The fourth-order valence-corrected chi connectivity index (χ4v) is 5.33. The number of benzene rings is 1. The topological polar surface area (TPSA) is 134 Å². The molecule has 2 aliphatic carbocycles. The lowest BCUT2D eigenvalue weighted by molar-refractivity contribution is -0.119. The molecule has 0 saturated heterocycles. The summed E-state index contributed by atoms with van der Waals surface area (Å²) >= 11 is 0. The number of carbonyl (C=O) groups excluding carboxylic acids is 2. The summed E-state index contributed by atoms with van der Waals surface area (Å²) in [6.07, 6.45) is 7.48. The Labute approximate surface area is 215 Å². The molecule has 1 aromatic carbocycles. The molecule has 2 fully saturated rings. The SMILES string of the molecule is Cc1cnn(C)c1-c1ccc(NC(=O)C(NC(=O)c2ccnn2C(C)CO)C(C2CC2)C2CC2)cc1O. The minimum atomic E-state index is -0.721. The van der Waals surface area contributed by atoms with Crippen molar-refractivity contribution in [1.29, 1.82) is 0 Å². The summed E-state index contributed by atoms with van der Waals surface area (Å²) in [7, 11) is 1.81. The molecule has 0 spiro atoms. The van der Waals surface area contributed by atoms with E-state index in [0.717, 1.165) is 36.9 Å². The van der Waals surface area contributed by atoms with E-state index in [0.29, 0.717) is 28.8 Å². The zero-order chi connectivity index (χ0) is 26.3. The molecule has 2 aromatic heterocycles. The van der Waals surface area contributed by atoms with E-state index in [1.807, 2.05) is 14.0 Å². The van der Waals surface area contributed by atoms with Crippen molar-refractivity contribution in [1.82, 2.24) is 24.9 Å². The lowest BCUT2D eigenvalue weighted by atomic mass is 9.88. The van der Waals surface area contributed by atoms with Crippen molar-refractivity contribution in [2.75, 3.05) is 11.9 Å². The van der Waals surface area contributed by atoms with Gasteiger partial charge in [0, 0.05) is 30.6 Å². The Morgan fingerprint density at radius 2 is 1.84 bits per heavy atom. The standard InChI is InChI=1S/C27H34N6O4/c1-15-13-29-32(3)25(15)20-9-8-19(12-22(20)35)30-27(37)24(23(17-4-5-17)18-6-7-18)31-26(36)21-10-11-28-33(21)16(2)14-34/h8-13,16-18,23-24,34-35H,4-7,14H2,1-3H3,(H,30,37)(H,31,36). The number of hydrogen-bond donors (Lipinski definition) is 4. The highest BCUT2D eigenvalue weighted by Gasteiger charge is 2.48. The summed E-state index contributed by atoms with van der Waals surface area (Å²) in [5, 5.41) is 34.6. The summed E-state index contributed by atoms with van der Waals surface area (Å²) in [5.41, 5.74) is 3.12. The fourth-order valence-electron chi connectivity index (χ4n) is 5.33. The van der Waals surface area contributed by atoms with Gasteiger partial charge in [0.25, 0.3) is 5.91 Å². The first-order chi connectivity index (χ1) is 17.8. The van der Waals surface area contributed by atoms with Gasteiger partial charge in [-0.15, -0.1) is 0 Å². The number of aliphatic hydroxyl groups excluding tert-OH is 1. The van der Waals surface area contributed by atoms with Gasteiger partial charge in [-0.25, -0.2) is 0 Å². The Kier molecular flexibility index (Phi) is 6.76. The molecule has 5 rings (SSSR count). The third-order valence-corrected chi connectivity index (χ3v) is 7.51. The lowest BCUT2D eigenvalue weighted by Crippen LogP contribution is -2.50. The molecule has 37 heavy (non-hydrogen) atoms. The number of aryl methyl sites for hydroxylation is 2. The van der Waals surface area contributed by atoms with Crippen molar-refractivity contribution in [3.05, 3.63) is 47.9 Å². The highest BCUT2D eigenvalue weighted by atomic mass is 16.3. The van der Waals surface area contributed by atoms with Crippen molar-refractivity contribution in [2.24, 2.45) is 24.8 Å². The monoisotopic (exact) mass is 506 g/mol. The molecule has 10 heteroatoms. The van der Waals surface area contributed by atoms with Gasteiger partial charge >= 0.3 is 0 Å². The van der Waals surface area contributed by atoms with Crippen LogP contribution in [0.25, 0.3) is 11.3 Å². The van der Waals surface area contributed by atoms with Gasteiger partial charge in [-0.3, -0.25) is 19.0 Å². The summed E-state index contributed by atoms with van der Waals surface area (Å²) in [5.74, 6) is 0.215. The average Bonchev–Trinajstić information content (AvgIpc) is 3.81. The summed E-state index contributed by atoms with van der Waals surface area (Å²) in [6, 6.07) is 5.55. The van der Waals surface area contributed by atoms with E-state index >= 15 is 0 Å². The number of anilines is 1. The number of phenolic OH excluding ortho intramolecular Hbond substituents is 1. The third kappa shape index (κ3) is 5.11. The van der Waals surface area contributed by atoms with Crippen molar-refractivity contribution in [3.63, 3.8) is 0 Å². The molecule has 2 atom stereocenters. The number of aromatic nitrogens is 4. The number of nitrogens with one attached hydrogen (secondary N) is 2. The van der Waals surface area contributed by atoms with E-state index in [-0.39, 0.29) is 30.2 Å². The van der Waals surface area contributed by atoms with Crippen LogP contribution in [0.5, 0.6) is 5.75 Å². The Hall–Kier alpha value is -3.66. The number of aromatic hydroxyl groups is 1. The molecule has 10 nitrogen and oxygen atoms in total. The van der Waals surface area contributed by atoms with Gasteiger partial charge < -0.3 is 20.8 Å². The van der Waals surface area contributed by atoms with Crippen molar-refractivity contribution >= 4 is 17.5 Å². The average molecular weight is 507 g/mol. The molecule has 2 amide bonds. The van der Waals surface area contributed by atoms with Crippen LogP contribution in [0.15, 0.2) is 36.7 Å².